The van der Waals surface area contributed by atoms with Crippen LogP contribution in [0.5, 0.6) is 5.88 Å². The lowest BCUT2D eigenvalue weighted by Gasteiger charge is -2.11. The molecule has 0 unspecified atom stereocenters. The molecule has 28 heavy (non-hydrogen) atoms. The van der Waals surface area contributed by atoms with E-state index >= 15 is 0 Å². The molecule has 2 aromatic heterocycles. The molecule has 6 nitrogen and oxygen atoms in total. The molecule has 0 radical (unpaired) electrons. The monoisotopic (exact) mass is 529 g/mol. The lowest BCUT2D eigenvalue weighted by atomic mass is 10.3. The van der Waals surface area contributed by atoms with Crippen LogP contribution >= 0.6 is 35.3 Å². The number of aryl methyl sites for hydroxylation is 1. The Morgan fingerprint density at radius 1 is 1.32 bits per heavy atom. The smallest absolute Gasteiger partial charge is 0.422 e. The number of thiazole rings is 1. The third-order valence-electron chi connectivity index (χ3n) is 3.29. The molecule has 2 N–H and O–H groups in total. The van der Waals surface area contributed by atoms with E-state index in [4.69, 9.17) is 0 Å². The van der Waals surface area contributed by atoms with Crippen molar-refractivity contribution in [1.82, 2.24) is 20.6 Å². The molecule has 11 heteroatoms. The SMILES string of the molecule is CCNC(=NCc1ccnc(OCC(F)(F)F)c1)NCCc1csc(C)n1.I. The van der Waals surface area contributed by atoms with E-state index in [9.17, 15) is 13.2 Å². The highest BCUT2D eigenvalue weighted by Crippen LogP contribution is 2.17. The molecule has 0 amide bonds. The average Bonchev–Trinajstić information content (AvgIpc) is 3.03. The van der Waals surface area contributed by atoms with Crippen molar-refractivity contribution < 1.29 is 17.9 Å². The van der Waals surface area contributed by atoms with E-state index in [0.29, 0.717) is 24.6 Å². The highest BCUT2D eigenvalue weighted by Gasteiger charge is 2.28. The third kappa shape index (κ3) is 9.53. The van der Waals surface area contributed by atoms with Crippen molar-refractivity contribution in [2.75, 3.05) is 19.7 Å². The Hall–Kier alpha value is -1.63. The van der Waals surface area contributed by atoms with Gasteiger partial charge in [0.25, 0.3) is 0 Å². The molecule has 0 fully saturated rings. The molecule has 0 bridgehead atoms. The van der Waals surface area contributed by atoms with Gasteiger partial charge in [-0.3, -0.25) is 0 Å². The average molecular weight is 529 g/mol. The van der Waals surface area contributed by atoms with Gasteiger partial charge in [-0.2, -0.15) is 13.2 Å². The molecule has 2 rings (SSSR count). The summed E-state index contributed by atoms with van der Waals surface area (Å²) in [4.78, 5) is 12.6. The molecule has 0 aliphatic carbocycles. The highest BCUT2D eigenvalue weighted by molar-refractivity contribution is 14.0. The van der Waals surface area contributed by atoms with Crippen molar-refractivity contribution in [3.05, 3.63) is 40.0 Å². The number of ether oxygens (including phenoxy) is 1. The molecule has 0 spiro atoms. The van der Waals surface area contributed by atoms with E-state index in [1.165, 1.54) is 12.3 Å². The Morgan fingerprint density at radius 2 is 2.11 bits per heavy atom. The van der Waals surface area contributed by atoms with Gasteiger partial charge in [0.2, 0.25) is 5.88 Å². The summed E-state index contributed by atoms with van der Waals surface area (Å²) in [5.41, 5.74) is 1.73. The number of hydrogen-bond donors (Lipinski definition) is 2. The van der Waals surface area contributed by atoms with Gasteiger partial charge in [-0.1, -0.05) is 0 Å². The minimum atomic E-state index is -4.40. The third-order valence-corrected chi connectivity index (χ3v) is 4.11. The topological polar surface area (TPSA) is 71.4 Å². The summed E-state index contributed by atoms with van der Waals surface area (Å²) in [5.74, 6) is 0.552. The van der Waals surface area contributed by atoms with Crippen LogP contribution in [0.4, 0.5) is 13.2 Å². The molecule has 0 aliphatic heterocycles. The first-order valence-electron chi connectivity index (χ1n) is 8.43. The van der Waals surface area contributed by atoms with Crippen LogP contribution in [-0.2, 0) is 13.0 Å². The van der Waals surface area contributed by atoms with Crippen LogP contribution in [0, 0.1) is 6.92 Å². The predicted molar refractivity (Wildman–Crippen MR) is 115 cm³/mol. The minimum Gasteiger partial charge on any atom is -0.468 e. The number of nitrogens with one attached hydrogen (secondary N) is 2. The number of pyridine rings is 1. The summed E-state index contributed by atoms with van der Waals surface area (Å²) >= 11 is 1.61. The van der Waals surface area contributed by atoms with Gasteiger partial charge in [-0.05, 0) is 25.5 Å². The van der Waals surface area contributed by atoms with Gasteiger partial charge in [-0.25, -0.2) is 15.0 Å². The molecular weight excluding hydrogens is 506 g/mol. The van der Waals surface area contributed by atoms with Gasteiger partial charge in [0.15, 0.2) is 12.6 Å². The Bertz CT molecular complexity index is 754. The van der Waals surface area contributed by atoms with Crippen LogP contribution in [0.25, 0.3) is 0 Å². The van der Waals surface area contributed by atoms with Crippen LogP contribution in [0.3, 0.4) is 0 Å². The zero-order valence-electron chi connectivity index (χ0n) is 15.5. The van der Waals surface area contributed by atoms with Gasteiger partial charge in [0.1, 0.15) is 0 Å². The maximum atomic E-state index is 12.2. The van der Waals surface area contributed by atoms with Crippen LogP contribution in [0.2, 0.25) is 0 Å². The zero-order chi connectivity index (χ0) is 19.7. The number of rotatable bonds is 8. The maximum Gasteiger partial charge on any atom is 0.422 e. The summed E-state index contributed by atoms with van der Waals surface area (Å²) in [6.45, 7) is 4.21. The fraction of sp³-hybridized carbons (Fsp3) is 0.471. The molecular formula is C17H23F3IN5OS. The Kier molecular flexibility index (Phi) is 10.5. The van der Waals surface area contributed by atoms with Crippen LogP contribution in [0.1, 0.15) is 23.2 Å². The van der Waals surface area contributed by atoms with E-state index in [1.807, 2.05) is 19.2 Å². The van der Waals surface area contributed by atoms with E-state index in [1.54, 1.807) is 17.4 Å². The Morgan fingerprint density at radius 3 is 2.75 bits per heavy atom. The Labute approximate surface area is 183 Å². The number of halogens is 4. The maximum absolute atomic E-state index is 12.2. The van der Waals surface area contributed by atoms with Crippen molar-refractivity contribution in [2.24, 2.45) is 4.99 Å². The number of nitrogens with zero attached hydrogens (tertiary/aromatic N) is 3. The van der Waals surface area contributed by atoms with Crippen molar-refractivity contribution >= 4 is 41.3 Å². The second-order valence-corrected chi connectivity index (χ2v) is 6.70. The van der Waals surface area contributed by atoms with E-state index in [2.05, 4.69) is 30.3 Å². The van der Waals surface area contributed by atoms with Crippen molar-refractivity contribution in [3.8, 4) is 5.88 Å². The lowest BCUT2D eigenvalue weighted by Crippen LogP contribution is -2.38. The van der Waals surface area contributed by atoms with Crippen LogP contribution < -0.4 is 15.4 Å². The standard InChI is InChI=1S/C17H22F3N5OS.HI/c1-3-21-16(23-7-5-14-10-27-12(2)25-14)24-9-13-4-6-22-15(8-13)26-11-17(18,19)20;/h4,6,8,10H,3,5,7,9,11H2,1-2H3,(H2,21,23,24);1H. The van der Waals surface area contributed by atoms with Gasteiger partial charge in [-0.15, -0.1) is 35.3 Å². The van der Waals surface area contributed by atoms with E-state index in [0.717, 1.165) is 17.1 Å². The zero-order valence-corrected chi connectivity index (χ0v) is 18.7. The molecule has 0 atom stereocenters. The highest BCUT2D eigenvalue weighted by atomic mass is 127. The first kappa shape index (κ1) is 24.4. The first-order chi connectivity index (χ1) is 12.9. The first-order valence-corrected chi connectivity index (χ1v) is 9.31. The molecule has 156 valence electrons. The number of guanidine groups is 1. The number of aliphatic imine (C=N–C) groups is 1. The van der Waals surface area contributed by atoms with E-state index < -0.39 is 12.8 Å². The number of alkyl halides is 3. The fourth-order valence-electron chi connectivity index (χ4n) is 2.13. The summed E-state index contributed by atoms with van der Waals surface area (Å²) < 4.78 is 41.3. The van der Waals surface area contributed by atoms with Crippen molar-refractivity contribution in [1.29, 1.82) is 0 Å². The molecule has 0 aliphatic rings. The largest absolute Gasteiger partial charge is 0.468 e. The summed E-state index contributed by atoms with van der Waals surface area (Å²) in [6.07, 6.45) is -2.21. The number of hydrogen-bond acceptors (Lipinski definition) is 5. The fourth-order valence-corrected chi connectivity index (χ4v) is 2.77. The van der Waals surface area contributed by atoms with Crippen LogP contribution in [-0.4, -0.2) is 41.8 Å². The van der Waals surface area contributed by atoms with Crippen molar-refractivity contribution in [2.45, 2.75) is 33.0 Å². The van der Waals surface area contributed by atoms with E-state index in [-0.39, 0.29) is 36.4 Å². The molecule has 0 saturated heterocycles. The summed E-state index contributed by atoms with van der Waals surface area (Å²) in [5, 5.41) is 9.41. The summed E-state index contributed by atoms with van der Waals surface area (Å²) in [7, 11) is 0. The molecule has 0 aromatic carbocycles. The molecule has 0 saturated carbocycles. The van der Waals surface area contributed by atoms with Crippen LogP contribution in [0.15, 0.2) is 28.7 Å². The second kappa shape index (κ2) is 12.0. The normalized spacial score (nSPS) is 11.7. The van der Waals surface area contributed by atoms with Gasteiger partial charge in [0, 0.05) is 37.2 Å². The second-order valence-electron chi connectivity index (χ2n) is 5.64. The van der Waals surface area contributed by atoms with Gasteiger partial charge in [0.05, 0.1) is 17.2 Å². The minimum absolute atomic E-state index is 0. The van der Waals surface area contributed by atoms with Gasteiger partial charge < -0.3 is 15.4 Å². The quantitative estimate of drug-likeness (QED) is 0.310. The summed E-state index contributed by atoms with van der Waals surface area (Å²) in [6, 6.07) is 3.14. The number of aromatic nitrogens is 2. The van der Waals surface area contributed by atoms with Crippen molar-refractivity contribution in [3.63, 3.8) is 0 Å². The lowest BCUT2D eigenvalue weighted by molar-refractivity contribution is -0.154. The molecule has 2 aromatic rings. The predicted octanol–water partition coefficient (Wildman–Crippen LogP) is 3.70. The molecule has 2 heterocycles. The van der Waals surface area contributed by atoms with Gasteiger partial charge >= 0.3 is 6.18 Å². The Balaban J connectivity index is 0.00000392.